The van der Waals surface area contributed by atoms with E-state index in [-0.39, 0.29) is 23.7 Å². The van der Waals surface area contributed by atoms with E-state index >= 15 is 0 Å². The Kier molecular flexibility index (Phi) is 23.4. The summed E-state index contributed by atoms with van der Waals surface area (Å²) < 4.78 is 190. The van der Waals surface area contributed by atoms with Gasteiger partial charge in [0, 0.05) is 1.43 Å². The summed E-state index contributed by atoms with van der Waals surface area (Å²) in [6.45, 7) is 9.30. The Bertz CT molecular complexity index is 1370. The first-order valence-electron chi connectivity index (χ1n) is 10.2. The van der Waals surface area contributed by atoms with E-state index in [1.54, 1.807) is 19.6 Å². The molecule has 0 spiro atoms. The molecule has 0 aromatic rings. The molecule has 232 valence electrons. The minimum absolute atomic E-state index is 0. The molecule has 42 heavy (non-hydrogen) atoms. The van der Waals surface area contributed by atoms with Crippen LogP contribution in [0.25, 0.3) is 0 Å². The Morgan fingerprint density at radius 2 is 0.548 bits per heavy atom. The van der Waals surface area contributed by atoms with Gasteiger partial charge in [0.2, 0.25) is 8.32 Å². The average molecular weight is 874 g/mol. The zero-order chi connectivity index (χ0) is 31.4. The van der Waals surface area contributed by atoms with E-state index in [0.717, 1.165) is 0 Å². The van der Waals surface area contributed by atoms with E-state index in [9.17, 15) is 66.9 Å². The molecule has 33 heteroatoms. The molecule has 0 rings (SSSR count). The van der Waals surface area contributed by atoms with Crippen molar-refractivity contribution in [2.75, 3.05) is 0 Å². The summed E-state index contributed by atoms with van der Waals surface area (Å²) in [5, 5.41) is 0. The van der Waals surface area contributed by atoms with Crippen LogP contribution in [0.15, 0.2) is 0 Å². The SMILES string of the molecule is C.C.C.C[Si](C)(C)O[Si](=O)[Si](=O)[Si](=O)[Si](=O)[Si](=O)[Si](=O)[Si](=O)[Si](=O)[Si](=O)[Si](=O)[Si](=O)[Si](=O)[Si](=O)[Si](=O)[Si](=O)[Si](C)(C)C.[HH]. The Labute approximate surface area is 264 Å². The molecule has 0 fully saturated rings. The van der Waals surface area contributed by atoms with E-state index in [1.165, 1.54) is 19.6 Å². The van der Waals surface area contributed by atoms with Gasteiger partial charge in [0.25, 0.3) is 0 Å². The van der Waals surface area contributed by atoms with Crippen LogP contribution in [-0.4, -0.2) is 132 Å². The van der Waals surface area contributed by atoms with Gasteiger partial charge in [-0.2, -0.15) is 0 Å². The van der Waals surface area contributed by atoms with E-state index in [1.807, 2.05) is 0 Å². The highest BCUT2D eigenvalue weighted by Gasteiger charge is 2.55. The predicted molar refractivity (Wildman–Crippen MR) is 167 cm³/mol. The van der Waals surface area contributed by atoms with Gasteiger partial charge in [-0.05, 0) is 19.6 Å². The van der Waals surface area contributed by atoms with Crippen molar-refractivity contribution in [3.05, 3.63) is 0 Å². The first-order chi connectivity index (χ1) is 17.4. The minimum Gasteiger partial charge on any atom is -0.578 e. The van der Waals surface area contributed by atoms with Crippen molar-refractivity contribution in [1.29, 1.82) is 0 Å². The van der Waals surface area contributed by atoms with Gasteiger partial charge in [0.1, 0.15) is 7.59 Å². The monoisotopic (exact) mass is 872 g/mol. The van der Waals surface area contributed by atoms with Crippen molar-refractivity contribution in [2.45, 2.75) is 61.6 Å². The number of rotatable bonds is 17. The Morgan fingerprint density at radius 1 is 0.357 bits per heavy atom. The van der Waals surface area contributed by atoms with Crippen LogP contribution >= 0.6 is 0 Å². The molecular weight excluding hydrogens is 842 g/mol. The molecule has 0 N–H and O–H groups in total. The fourth-order valence-corrected chi connectivity index (χ4v) is 180. The summed E-state index contributed by atoms with van der Waals surface area (Å²) in [6.07, 6.45) is 0. The molecule has 0 saturated heterocycles. The third-order valence-corrected chi connectivity index (χ3v) is 127. The summed E-state index contributed by atoms with van der Waals surface area (Å²) in [5.74, 6) is 0. The van der Waals surface area contributed by atoms with Crippen LogP contribution in [0.1, 0.15) is 23.7 Å². The van der Waals surface area contributed by atoms with E-state index in [2.05, 4.69) is 0 Å². The van der Waals surface area contributed by atoms with E-state index < -0.39 is 132 Å². The number of hydrogen-bond donors (Lipinski definition) is 0. The van der Waals surface area contributed by atoms with Crippen LogP contribution in [-0.2, 0) is 71.0 Å². The van der Waals surface area contributed by atoms with Gasteiger partial charge in [0.05, 0.1) is 0 Å². The molecule has 0 heterocycles. The Balaban J connectivity index is -0.00000120. The van der Waals surface area contributed by atoms with Crippen LogP contribution in [0.4, 0.5) is 0 Å². The quantitative estimate of drug-likeness (QED) is 0.135. The molecule has 0 aliphatic heterocycles. The minimum atomic E-state index is -4.20. The van der Waals surface area contributed by atoms with E-state index in [4.69, 9.17) is 4.12 Å². The second-order valence-corrected chi connectivity index (χ2v) is 93.6. The molecule has 0 radical (unpaired) electrons. The lowest BCUT2D eigenvalue weighted by atomic mass is 11.8. The molecule has 0 aromatic carbocycles. The third kappa shape index (κ3) is 13.9. The maximum atomic E-state index is 12.4. The molecular formula is C9H32O16Si17. The zero-order valence-electron chi connectivity index (χ0n) is 21.0. The molecule has 0 aromatic heterocycles. The second-order valence-electron chi connectivity index (χ2n) is 9.36. The molecule has 0 bridgehead atoms. The maximum absolute atomic E-state index is 12.4. The lowest BCUT2D eigenvalue weighted by Crippen LogP contribution is -2.57. The highest BCUT2D eigenvalue weighted by atomic mass is 30.1. The standard InChI is InChI=1S/C6H18O16Si17.3CH4.H2/c1-38(2,3)22-23(7)24(8)25(9)26(10)27(11)28(12)29(13)30(14)31(15)32(16)33(17)34(18)35(19)36(20)37(21)39(4,5)6;;;;/h1-6H3;3*1H4;1H. The van der Waals surface area contributed by atoms with Gasteiger partial charge in [-0.15, -0.1) is 0 Å². The lowest BCUT2D eigenvalue weighted by Gasteiger charge is -2.16. The van der Waals surface area contributed by atoms with Gasteiger partial charge >= 0.3 is 116 Å². The first-order valence-corrected chi connectivity index (χ1v) is 53.2. The second kappa shape index (κ2) is 19.9. The van der Waals surface area contributed by atoms with Gasteiger partial charge in [-0.1, -0.05) is 41.9 Å². The lowest BCUT2D eigenvalue weighted by molar-refractivity contribution is 0.462. The third-order valence-electron chi connectivity index (χ3n) is 3.95. The van der Waals surface area contributed by atoms with E-state index in [0.29, 0.717) is 0 Å². The topological polar surface area (TPSA) is 265 Å². The van der Waals surface area contributed by atoms with Crippen molar-refractivity contribution in [1.82, 2.24) is 0 Å². The van der Waals surface area contributed by atoms with Gasteiger partial charge in [-0.25, -0.2) is 0 Å². The van der Waals surface area contributed by atoms with Crippen LogP contribution < -0.4 is 0 Å². The van der Waals surface area contributed by atoms with Crippen molar-refractivity contribution in [2.24, 2.45) is 0 Å². The molecule has 0 saturated carbocycles. The number of hydrogen-bond acceptors (Lipinski definition) is 16. The fraction of sp³-hybridized carbons (Fsp3) is 1.00. The first kappa shape index (κ1) is 49.4. The van der Waals surface area contributed by atoms with Crippen LogP contribution in [0.3, 0.4) is 0 Å². The molecule has 0 amide bonds. The highest BCUT2D eigenvalue weighted by molar-refractivity contribution is 7.81. The summed E-state index contributed by atoms with van der Waals surface area (Å²) in [4.78, 5) is 0. The molecule has 0 unspecified atom stereocenters. The van der Waals surface area contributed by atoms with Crippen molar-refractivity contribution >= 4 is 132 Å². The van der Waals surface area contributed by atoms with Crippen LogP contribution in [0, 0.1) is 0 Å². The van der Waals surface area contributed by atoms with Gasteiger partial charge in [-0.3, -0.25) is 0 Å². The van der Waals surface area contributed by atoms with Crippen LogP contribution in [0.5, 0.6) is 0 Å². The highest BCUT2D eigenvalue weighted by Crippen LogP contribution is 2.02. The van der Waals surface area contributed by atoms with Crippen molar-refractivity contribution < 1.29 is 72.5 Å². The predicted octanol–water partition coefficient (Wildman–Crippen LogP) is -2.67. The van der Waals surface area contributed by atoms with Gasteiger partial charge < -0.3 is 71.0 Å². The zero-order valence-corrected chi connectivity index (χ0v) is 38.0. The average Bonchev–Trinajstić information content (AvgIpc) is 2.84. The maximum Gasteiger partial charge on any atom is 0.532 e. The summed E-state index contributed by atoms with van der Waals surface area (Å²) in [5.41, 5.74) is 0. The summed E-state index contributed by atoms with van der Waals surface area (Å²) in [7, 11) is -63.3. The van der Waals surface area contributed by atoms with Crippen molar-refractivity contribution in [3.8, 4) is 0 Å². The normalized spacial score (nSPS) is 10.0. The van der Waals surface area contributed by atoms with Crippen molar-refractivity contribution in [3.63, 3.8) is 0 Å². The Morgan fingerprint density at radius 3 is 0.738 bits per heavy atom. The molecule has 0 aliphatic rings. The van der Waals surface area contributed by atoms with Crippen LogP contribution in [0.2, 0.25) is 39.3 Å². The fourth-order valence-electron chi connectivity index (χ4n) is 2.00. The molecule has 0 aliphatic carbocycles. The largest absolute Gasteiger partial charge is 0.578 e. The molecule has 0 atom stereocenters. The summed E-state index contributed by atoms with van der Waals surface area (Å²) >= 11 is 0. The van der Waals surface area contributed by atoms with Gasteiger partial charge in [0.15, 0.2) is 0 Å². The molecule has 16 nitrogen and oxygen atoms in total. The summed E-state index contributed by atoms with van der Waals surface area (Å²) in [6, 6.07) is 0. The smallest absolute Gasteiger partial charge is 0.532 e. The Hall–Kier alpha value is 0.487.